The van der Waals surface area contributed by atoms with E-state index in [1.807, 2.05) is 11.3 Å². The number of hydrogen-bond acceptors (Lipinski definition) is 1. The van der Waals surface area contributed by atoms with Crippen LogP contribution in [0.3, 0.4) is 0 Å². The normalized spacial score (nSPS) is 10.8. The number of alkyl halides is 1. The van der Waals surface area contributed by atoms with Crippen molar-refractivity contribution >= 4 is 37.4 Å². The largest absolute Gasteiger partial charge is 0.143 e. The predicted octanol–water partition coefficient (Wildman–Crippen LogP) is 4.10. The van der Waals surface area contributed by atoms with E-state index in [0.717, 1.165) is 5.33 Å². The second-order valence-corrected chi connectivity index (χ2v) is 4.29. The standard InChI is InChI=1S/C10H9BrS/c1-7-6-12-10-8(5-11)3-2-4-9(7)10/h2-4,6H,5H2,1H3. The Morgan fingerprint density at radius 2 is 2.25 bits per heavy atom. The van der Waals surface area contributed by atoms with Crippen molar-refractivity contribution in [2.24, 2.45) is 0 Å². The molecule has 0 fully saturated rings. The van der Waals surface area contributed by atoms with E-state index in [0.29, 0.717) is 0 Å². The van der Waals surface area contributed by atoms with E-state index in [9.17, 15) is 0 Å². The number of halogens is 1. The van der Waals surface area contributed by atoms with Crippen LogP contribution in [0.15, 0.2) is 23.6 Å². The summed E-state index contributed by atoms with van der Waals surface area (Å²) in [5.41, 5.74) is 2.78. The van der Waals surface area contributed by atoms with E-state index < -0.39 is 0 Å². The van der Waals surface area contributed by atoms with Crippen LogP contribution < -0.4 is 0 Å². The van der Waals surface area contributed by atoms with Crippen molar-refractivity contribution in [2.75, 3.05) is 0 Å². The van der Waals surface area contributed by atoms with Crippen LogP contribution in [0.4, 0.5) is 0 Å². The second-order valence-electron chi connectivity index (χ2n) is 2.85. The number of aryl methyl sites for hydroxylation is 1. The molecule has 2 aromatic rings. The van der Waals surface area contributed by atoms with Gasteiger partial charge in [0.15, 0.2) is 0 Å². The van der Waals surface area contributed by atoms with Gasteiger partial charge in [-0.05, 0) is 28.8 Å². The maximum absolute atomic E-state index is 3.49. The van der Waals surface area contributed by atoms with E-state index >= 15 is 0 Å². The lowest BCUT2D eigenvalue weighted by Crippen LogP contribution is -1.76. The molecule has 0 unspecified atom stereocenters. The van der Waals surface area contributed by atoms with E-state index in [4.69, 9.17) is 0 Å². The first-order valence-electron chi connectivity index (χ1n) is 3.84. The minimum absolute atomic E-state index is 0.949. The zero-order valence-corrected chi connectivity index (χ0v) is 9.21. The quantitative estimate of drug-likeness (QED) is 0.659. The minimum Gasteiger partial charge on any atom is -0.143 e. The van der Waals surface area contributed by atoms with Gasteiger partial charge in [0.1, 0.15) is 0 Å². The molecule has 2 rings (SSSR count). The third kappa shape index (κ3) is 1.19. The summed E-state index contributed by atoms with van der Waals surface area (Å²) in [6, 6.07) is 6.49. The topological polar surface area (TPSA) is 0 Å². The van der Waals surface area contributed by atoms with Gasteiger partial charge in [0.2, 0.25) is 0 Å². The smallest absolute Gasteiger partial charge is 0.0385 e. The summed E-state index contributed by atoms with van der Waals surface area (Å²) in [6.07, 6.45) is 0. The summed E-state index contributed by atoms with van der Waals surface area (Å²) >= 11 is 5.33. The van der Waals surface area contributed by atoms with Crippen LogP contribution in [0.25, 0.3) is 10.1 Å². The van der Waals surface area contributed by atoms with Gasteiger partial charge in [0.25, 0.3) is 0 Å². The lowest BCUT2D eigenvalue weighted by molar-refractivity contribution is 1.50. The maximum atomic E-state index is 3.49. The van der Waals surface area contributed by atoms with Crippen LogP contribution in [0.2, 0.25) is 0 Å². The Morgan fingerprint density at radius 3 is 3.00 bits per heavy atom. The summed E-state index contributed by atoms with van der Waals surface area (Å²) in [7, 11) is 0. The lowest BCUT2D eigenvalue weighted by Gasteiger charge is -1.97. The molecule has 0 aliphatic rings. The Bertz CT molecular complexity index is 403. The van der Waals surface area contributed by atoms with Gasteiger partial charge in [-0.15, -0.1) is 11.3 Å². The first-order valence-corrected chi connectivity index (χ1v) is 5.84. The number of fused-ring (bicyclic) bond motifs is 1. The van der Waals surface area contributed by atoms with Gasteiger partial charge in [0, 0.05) is 10.0 Å². The fraction of sp³-hybridized carbons (Fsp3) is 0.200. The Kier molecular flexibility index (Phi) is 2.20. The number of thiophene rings is 1. The number of benzene rings is 1. The van der Waals surface area contributed by atoms with Crippen molar-refractivity contribution in [3.05, 3.63) is 34.7 Å². The average Bonchev–Trinajstić information content (AvgIpc) is 2.48. The van der Waals surface area contributed by atoms with Crippen LogP contribution in [-0.2, 0) is 5.33 Å². The lowest BCUT2D eigenvalue weighted by atomic mass is 10.1. The highest BCUT2D eigenvalue weighted by Crippen LogP contribution is 2.29. The van der Waals surface area contributed by atoms with Gasteiger partial charge < -0.3 is 0 Å². The highest BCUT2D eigenvalue weighted by molar-refractivity contribution is 9.08. The van der Waals surface area contributed by atoms with E-state index in [2.05, 4.69) is 46.4 Å². The molecule has 0 spiro atoms. The van der Waals surface area contributed by atoms with Crippen LogP contribution in [0.5, 0.6) is 0 Å². The first-order chi connectivity index (χ1) is 5.83. The number of rotatable bonds is 1. The molecule has 62 valence electrons. The molecule has 0 nitrogen and oxygen atoms in total. The molecule has 0 radical (unpaired) electrons. The molecule has 0 aliphatic heterocycles. The molecule has 12 heavy (non-hydrogen) atoms. The van der Waals surface area contributed by atoms with E-state index in [1.165, 1.54) is 21.2 Å². The van der Waals surface area contributed by atoms with Crippen LogP contribution in [0, 0.1) is 6.92 Å². The second kappa shape index (κ2) is 3.19. The molecule has 2 heteroatoms. The molecule has 0 N–H and O–H groups in total. The highest BCUT2D eigenvalue weighted by Gasteiger charge is 2.02. The molecular weight excluding hydrogens is 232 g/mol. The Hall–Kier alpha value is -0.340. The van der Waals surface area contributed by atoms with Crippen LogP contribution in [0.1, 0.15) is 11.1 Å². The van der Waals surface area contributed by atoms with Gasteiger partial charge >= 0.3 is 0 Å². The van der Waals surface area contributed by atoms with Crippen molar-refractivity contribution in [1.29, 1.82) is 0 Å². The fourth-order valence-corrected chi connectivity index (χ4v) is 3.07. The van der Waals surface area contributed by atoms with Gasteiger partial charge in [-0.1, -0.05) is 34.1 Å². The molecule has 0 bridgehead atoms. The zero-order chi connectivity index (χ0) is 8.55. The minimum atomic E-state index is 0.949. The Labute approximate surface area is 84.4 Å². The van der Waals surface area contributed by atoms with Crippen molar-refractivity contribution in [1.82, 2.24) is 0 Å². The van der Waals surface area contributed by atoms with Crippen LogP contribution in [-0.4, -0.2) is 0 Å². The van der Waals surface area contributed by atoms with Crippen molar-refractivity contribution in [3.63, 3.8) is 0 Å². The third-order valence-corrected chi connectivity index (χ3v) is 3.81. The maximum Gasteiger partial charge on any atom is 0.0385 e. The molecule has 0 amide bonds. The van der Waals surface area contributed by atoms with Gasteiger partial charge in [-0.2, -0.15) is 0 Å². The molecular formula is C10H9BrS. The van der Waals surface area contributed by atoms with Crippen molar-refractivity contribution < 1.29 is 0 Å². The highest BCUT2D eigenvalue weighted by atomic mass is 79.9. The predicted molar refractivity (Wildman–Crippen MR) is 59.2 cm³/mol. The fourth-order valence-electron chi connectivity index (χ4n) is 1.35. The third-order valence-electron chi connectivity index (χ3n) is 2.02. The Morgan fingerprint density at radius 1 is 1.42 bits per heavy atom. The van der Waals surface area contributed by atoms with E-state index in [1.54, 1.807) is 0 Å². The molecule has 1 heterocycles. The molecule has 1 aromatic carbocycles. The van der Waals surface area contributed by atoms with Crippen molar-refractivity contribution in [3.8, 4) is 0 Å². The molecule has 0 atom stereocenters. The van der Waals surface area contributed by atoms with Crippen molar-refractivity contribution in [2.45, 2.75) is 12.3 Å². The number of hydrogen-bond donors (Lipinski definition) is 0. The molecule has 0 aliphatic carbocycles. The van der Waals surface area contributed by atoms with Gasteiger partial charge in [-0.3, -0.25) is 0 Å². The summed E-state index contributed by atoms with van der Waals surface area (Å²) in [5, 5.41) is 4.57. The molecule has 1 aromatic heterocycles. The van der Waals surface area contributed by atoms with Crippen LogP contribution >= 0.6 is 27.3 Å². The molecule has 0 saturated carbocycles. The summed E-state index contributed by atoms with van der Waals surface area (Å²) in [4.78, 5) is 0. The summed E-state index contributed by atoms with van der Waals surface area (Å²) < 4.78 is 1.42. The van der Waals surface area contributed by atoms with Gasteiger partial charge in [-0.25, -0.2) is 0 Å². The molecule has 0 saturated heterocycles. The van der Waals surface area contributed by atoms with Gasteiger partial charge in [0.05, 0.1) is 0 Å². The first kappa shape index (κ1) is 8.27. The van der Waals surface area contributed by atoms with E-state index in [-0.39, 0.29) is 0 Å². The SMILES string of the molecule is Cc1csc2c(CBr)cccc12. The Balaban J connectivity index is 2.81. The average molecular weight is 241 g/mol. The summed E-state index contributed by atoms with van der Waals surface area (Å²) in [5.74, 6) is 0. The zero-order valence-electron chi connectivity index (χ0n) is 6.80. The summed E-state index contributed by atoms with van der Waals surface area (Å²) in [6.45, 7) is 2.16. The monoisotopic (exact) mass is 240 g/mol.